The van der Waals surface area contributed by atoms with Crippen molar-refractivity contribution in [3.05, 3.63) is 48.4 Å². The fourth-order valence-corrected chi connectivity index (χ4v) is 1.91. The summed E-state index contributed by atoms with van der Waals surface area (Å²) in [7, 11) is 0. The fourth-order valence-electron chi connectivity index (χ4n) is 1.91. The van der Waals surface area contributed by atoms with Gasteiger partial charge in [-0.3, -0.25) is 9.59 Å². The van der Waals surface area contributed by atoms with Gasteiger partial charge < -0.3 is 20.8 Å². The van der Waals surface area contributed by atoms with Crippen molar-refractivity contribution in [2.24, 2.45) is 5.73 Å². The molecule has 0 saturated carbocycles. The number of benzene rings is 1. The molecule has 6 nitrogen and oxygen atoms in total. The second kappa shape index (κ2) is 8.97. The van der Waals surface area contributed by atoms with Gasteiger partial charge in [0.05, 0.1) is 12.3 Å². The van der Waals surface area contributed by atoms with Crippen molar-refractivity contribution >= 4 is 35.6 Å². The molecule has 1 heterocycles. The van der Waals surface area contributed by atoms with Crippen LogP contribution in [0.25, 0.3) is 0 Å². The Labute approximate surface area is 140 Å². The zero-order valence-corrected chi connectivity index (χ0v) is 13.6. The number of hydrogen-bond donors (Lipinski definition) is 3. The van der Waals surface area contributed by atoms with Gasteiger partial charge in [0.2, 0.25) is 5.91 Å². The third-order valence-electron chi connectivity index (χ3n) is 3.09. The minimum Gasteiger partial charge on any atom is -0.459 e. The fraction of sp³-hybridized carbons (Fsp3) is 0.250. The lowest BCUT2D eigenvalue weighted by molar-refractivity contribution is -0.117. The maximum Gasteiger partial charge on any atom is 0.291 e. The van der Waals surface area contributed by atoms with Crippen LogP contribution in [0.4, 0.5) is 11.4 Å². The zero-order valence-electron chi connectivity index (χ0n) is 12.7. The van der Waals surface area contributed by atoms with Gasteiger partial charge in [0, 0.05) is 11.4 Å². The number of carbonyl (C=O) groups excluding carboxylic acids is 2. The number of carbonyl (C=O) groups is 2. The smallest absolute Gasteiger partial charge is 0.291 e. The lowest BCUT2D eigenvalue weighted by Crippen LogP contribution is -2.35. The van der Waals surface area contributed by atoms with E-state index in [1.54, 1.807) is 36.4 Å². The third kappa shape index (κ3) is 5.43. The monoisotopic (exact) mass is 337 g/mol. The molecule has 0 radical (unpaired) electrons. The molecular weight excluding hydrogens is 318 g/mol. The van der Waals surface area contributed by atoms with Crippen LogP contribution in [0.3, 0.4) is 0 Å². The molecule has 7 heteroatoms. The lowest BCUT2D eigenvalue weighted by atomic mass is 10.1. The van der Waals surface area contributed by atoms with Gasteiger partial charge in [0.25, 0.3) is 5.91 Å². The van der Waals surface area contributed by atoms with Gasteiger partial charge >= 0.3 is 0 Å². The van der Waals surface area contributed by atoms with Crippen molar-refractivity contribution in [2.45, 2.75) is 25.8 Å². The Morgan fingerprint density at radius 3 is 2.26 bits per heavy atom. The van der Waals surface area contributed by atoms with E-state index in [0.29, 0.717) is 17.8 Å². The maximum atomic E-state index is 11.8. The summed E-state index contributed by atoms with van der Waals surface area (Å²) in [6.07, 6.45) is 2.93. The molecule has 2 rings (SSSR count). The van der Waals surface area contributed by atoms with Crippen LogP contribution in [0.1, 0.15) is 30.3 Å². The molecule has 0 spiro atoms. The van der Waals surface area contributed by atoms with Gasteiger partial charge in [-0.15, -0.1) is 12.4 Å². The average Bonchev–Trinajstić information content (AvgIpc) is 3.04. The molecule has 1 unspecified atom stereocenters. The van der Waals surface area contributed by atoms with Crippen LogP contribution < -0.4 is 16.4 Å². The molecule has 0 aliphatic rings. The number of nitrogens with two attached hydrogens (primary N) is 1. The molecule has 1 aromatic carbocycles. The highest BCUT2D eigenvalue weighted by Gasteiger charge is 2.12. The SMILES string of the molecule is CCCC(N)C(=O)Nc1ccc(NC(=O)c2ccco2)cc1.Cl. The average molecular weight is 338 g/mol. The van der Waals surface area contributed by atoms with E-state index in [4.69, 9.17) is 10.2 Å². The second-order valence-corrected chi connectivity index (χ2v) is 4.89. The molecule has 0 fully saturated rings. The van der Waals surface area contributed by atoms with Gasteiger partial charge in [0.1, 0.15) is 0 Å². The summed E-state index contributed by atoms with van der Waals surface area (Å²) in [5.74, 6) is -0.302. The predicted octanol–water partition coefficient (Wildman–Crippen LogP) is 3.02. The van der Waals surface area contributed by atoms with E-state index in [9.17, 15) is 9.59 Å². The lowest BCUT2D eigenvalue weighted by Gasteiger charge is -2.11. The normalized spacial score (nSPS) is 11.2. The molecule has 124 valence electrons. The highest BCUT2D eigenvalue weighted by atomic mass is 35.5. The number of furan rings is 1. The van der Waals surface area contributed by atoms with Crippen molar-refractivity contribution in [1.29, 1.82) is 0 Å². The van der Waals surface area contributed by atoms with E-state index in [0.717, 1.165) is 6.42 Å². The molecular formula is C16H20ClN3O3. The molecule has 0 bridgehead atoms. The van der Waals surface area contributed by atoms with Crippen LogP contribution >= 0.6 is 12.4 Å². The largest absolute Gasteiger partial charge is 0.459 e. The first-order valence-electron chi connectivity index (χ1n) is 7.11. The van der Waals surface area contributed by atoms with E-state index in [2.05, 4.69) is 10.6 Å². The maximum absolute atomic E-state index is 11.8. The van der Waals surface area contributed by atoms with E-state index in [-0.39, 0.29) is 30.0 Å². The van der Waals surface area contributed by atoms with Crippen LogP contribution in [0.5, 0.6) is 0 Å². The molecule has 1 atom stereocenters. The van der Waals surface area contributed by atoms with Crippen molar-refractivity contribution in [3.8, 4) is 0 Å². The van der Waals surface area contributed by atoms with E-state index < -0.39 is 6.04 Å². The Hall–Kier alpha value is -2.31. The van der Waals surface area contributed by atoms with Crippen molar-refractivity contribution in [3.63, 3.8) is 0 Å². The summed E-state index contributed by atoms with van der Waals surface area (Å²) in [6.45, 7) is 1.98. The van der Waals surface area contributed by atoms with Crippen LogP contribution in [0.2, 0.25) is 0 Å². The number of halogens is 1. The Bertz CT molecular complexity index is 627. The highest BCUT2D eigenvalue weighted by Crippen LogP contribution is 2.15. The standard InChI is InChI=1S/C16H19N3O3.ClH/c1-2-4-13(17)15(20)18-11-6-8-12(9-7-11)19-16(21)14-5-3-10-22-14;/h3,5-10,13H,2,4,17H2,1H3,(H,18,20)(H,19,21);1H. The number of hydrogen-bond acceptors (Lipinski definition) is 4. The number of rotatable bonds is 6. The Morgan fingerprint density at radius 2 is 1.74 bits per heavy atom. The van der Waals surface area contributed by atoms with E-state index in [1.165, 1.54) is 6.26 Å². The van der Waals surface area contributed by atoms with Gasteiger partial charge in [-0.2, -0.15) is 0 Å². The Kier molecular flexibility index (Phi) is 7.31. The molecule has 1 aromatic heterocycles. The third-order valence-corrected chi connectivity index (χ3v) is 3.09. The van der Waals surface area contributed by atoms with E-state index >= 15 is 0 Å². The van der Waals surface area contributed by atoms with Gasteiger partial charge in [-0.25, -0.2) is 0 Å². The topological polar surface area (TPSA) is 97.4 Å². The summed E-state index contributed by atoms with van der Waals surface area (Å²) < 4.78 is 5.01. The molecule has 2 amide bonds. The summed E-state index contributed by atoms with van der Waals surface area (Å²) in [4.78, 5) is 23.6. The van der Waals surface area contributed by atoms with Crippen LogP contribution in [-0.2, 0) is 4.79 Å². The number of nitrogens with one attached hydrogen (secondary N) is 2. The number of amides is 2. The molecule has 4 N–H and O–H groups in total. The minimum absolute atomic E-state index is 0. The predicted molar refractivity (Wildman–Crippen MR) is 91.9 cm³/mol. The summed E-state index contributed by atoms with van der Waals surface area (Å²) >= 11 is 0. The summed E-state index contributed by atoms with van der Waals surface area (Å²) in [5, 5.41) is 5.44. The van der Waals surface area contributed by atoms with E-state index in [1.807, 2.05) is 6.92 Å². The molecule has 0 aliphatic heterocycles. The molecule has 0 aliphatic carbocycles. The molecule has 2 aromatic rings. The van der Waals surface area contributed by atoms with Gasteiger partial charge in [0.15, 0.2) is 5.76 Å². The first kappa shape index (κ1) is 18.7. The Morgan fingerprint density at radius 1 is 1.13 bits per heavy atom. The first-order chi connectivity index (χ1) is 10.6. The summed E-state index contributed by atoms with van der Waals surface area (Å²) in [6, 6.07) is 9.52. The second-order valence-electron chi connectivity index (χ2n) is 4.89. The van der Waals surface area contributed by atoms with Gasteiger partial charge in [-0.1, -0.05) is 13.3 Å². The van der Waals surface area contributed by atoms with Crippen molar-refractivity contribution < 1.29 is 14.0 Å². The van der Waals surface area contributed by atoms with Gasteiger partial charge in [-0.05, 0) is 42.8 Å². The van der Waals surface area contributed by atoms with Crippen molar-refractivity contribution in [1.82, 2.24) is 0 Å². The molecule has 23 heavy (non-hydrogen) atoms. The minimum atomic E-state index is -0.511. The Balaban J connectivity index is 0.00000264. The molecule has 0 saturated heterocycles. The van der Waals surface area contributed by atoms with Crippen molar-refractivity contribution in [2.75, 3.05) is 10.6 Å². The van der Waals surface area contributed by atoms with Crippen LogP contribution in [-0.4, -0.2) is 17.9 Å². The van der Waals surface area contributed by atoms with Crippen LogP contribution in [0.15, 0.2) is 47.1 Å². The quantitative estimate of drug-likeness (QED) is 0.754. The zero-order chi connectivity index (χ0) is 15.9. The van der Waals surface area contributed by atoms with Crippen LogP contribution in [0, 0.1) is 0 Å². The number of anilines is 2. The first-order valence-corrected chi connectivity index (χ1v) is 7.11. The summed E-state index contributed by atoms with van der Waals surface area (Å²) in [5.41, 5.74) is 6.99. The highest BCUT2D eigenvalue weighted by molar-refractivity contribution is 6.02.